The first-order valence-electron chi connectivity index (χ1n) is 8.99. The number of carbonyl (C=O) groups excluding carboxylic acids is 1. The van der Waals surface area contributed by atoms with Crippen molar-refractivity contribution in [2.75, 3.05) is 18.8 Å². The van der Waals surface area contributed by atoms with Crippen LogP contribution in [0.5, 0.6) is 0 Å². The van der Waals surface area contributed by atoms with Crippen LogP contribution in [0.2, 0.25) is 0 Å². The van der Waals surface area contributed by atoms with Crippen molar-refractivity contribution in [2.24, 2.45) is 0 Å². The van der Waals surface area contributed by atoms with Crippen LogP contribution < -0.4 is 0 Å². The summed E-state index contributed by atoms with van der Waals surface area (Å²) in [7, 11) is 0. The maximum absolute atomic E-state index is 12.4. The average Bonchev–Trinajstić information content (AvgIpc) is 3.12. The highest BCUT2D eigenvalue weighted by Crippen LogP contribution is 2.28. The number of amides is 1. The molecule has 7 heteroatoms. The molecule has 0 saturated heterocycles. The third-order valence-electron chi connectivity index (χ3n) is 4.32. The van der Waals surface area contributed by atoms with Crippen LogP contribution in [-0.4, -0.2) is 49.4 Å². The summed E-state index contributed by atoms with van der Waals surface area (Å²) < 4.78 is 1.98. The van der Waals surface area contributed by atoms with E-state index >= 15 is 0 Å². The summed E-state index contributed by atoms with van der Waals surface area (Å²) in [5, 5.41) is 9.42. The van der Waals surface area contributed by atoms with Gasteiger partial charge in [-0.05, 0) is 44.5 Å². The molecule has 0 radical (unpaired) electrons. The van der Waals surface area contributed by atoms with Gasteiger partial charge < -0.3 is 4.90 Å². The van der Waals surface area contributed by atoms with Crippen molar-refractivity contribution >= 4 is 17.7 Å². The van der Waals surface area contributed by atoms with Crippen molar-refractivity contribution in [1.29, 1.82) is 0 Å². The number of pyridine rings is 1. The van der Waals surface area contributed by atoms with E-state index in [1.807, 2.05) is 72.7 Å². The van der Waals surface area contributed by atoms with Crippen LogP contribution >= 0.6 is 11.8 Å². The fourth-order valence-electron chi connectivity index (χ4n) is 2.85. The van der Waals surface area contributed by atoms with Crippen molar-refractivity contribution in [3.63, 3.8) is 0 Å². The monoisotopic (exact) mass is 381 g/mol. The smallest absolute Gasteiger partial charge is 0.233 e. The molecule has 0 fully saturated rings. The summed E-state index contributed by atoms with van der Waals surface area (Å²) >= 11 is 1.40. The van der Waals surface area contributed by atoms with Crippen molar-refractivity contribution in [3.8, 4) is 17.2 Å². The third-order valence-corrected chi connectivity index (χ3v) is 5.24. The van der Waals surface area contributed by atoms with Gasteiger partial charge in [0.15, 0.2) is 11.0 Å². The second-order valence-corrected chi connectivity index (χ2v) is 6.94. The Kier molecular flexibility index (Phi) is 6.24. The number of nitrogens with zero attached hydrogens (tertiary/aromatic N) is 5. The van der Waals surface area contributed by atoms with Crippen LogP contribution in [0.3, 0.4) is 0 Å². The Labute approximate surface area is 163 Å². The fourth-order valence-corrected chi connectivity index (χ4v) is 3.70. The first-order valence-corrected chi connectivity index (χ1v) is 9.97. The predicted octanol–water partition coefficient (Wildman–Crippen LogP) is 3.60. The van der Waals surface area contributed by atoms with E-state index in [-0.39, 0.29) is 5.91 Å². The van der Waals surface area contributed by atoms with E-state index in [0.717, 1.165) is 16.9 Å². The van der Waals surface area contributed by atoms with Crippen molar-refractivity contribution in [1.82, 2.24) is 24.6 Å². The molecule has 2 heterocycles. The first kappa shape index (κ1) is 19.1. The zero-order valence-corrected chi connectivity index (χ0v) is 16.6. The number of carbonyl (C=O) groups is 1. The second kappa shape index (κ2) is 8.81. The Morgan fingerprint density at radius 3 is 2.48 bits per heavy atom. The van der Waals surface area contributed by atoms with Crippen LogP contribution in [0.25, 0.3) is 17.2 Å². The van der Waals surface area contributed by atoms with E-state index < -0.39 is 0 Å². The molecular weight excluding hydrogens is 358 g/mol. The molecule has 0 aliphatic heterocycles. The van der Waals surface area contributed by atoms with E-state index in [1.54, 1.807) is 6.20 Å². The van der Waals surface area contributed by atoms with E-state index in [1.165, 1.54) is 11.8 Å². The summed E-state index contributed by atoms with van der Waals surface area (Å²) in [6, 6.07) is 13.8. The van der Waals surface area contributed by atoms with Crippen LogP contribution in [0.4, 0.5) is 0 Å². The average molecular weight is 382 g/mol. The largest absolute Gasteiger partial charge is 0.343 e. The summed E-state index contributed by atoms with van der Waals surface area (Å²) in [6.45, 7) is 7.44. The molecule has 3 aromatic rings. The highest BCUT2D eigenvalue weighted by molar-refractivity contribution is 7.99. The van der Waals surface area contributed by atoms with Gasteiger partial charge >= 0.3 is 0 Å². The summed E-state index contributed by atoms with van der Waals surface area (Å²) in [4.78, 5) is 18.6. The Morgan fingerprint density at radius 1 is 1.07 bits per heavy atom. The molecular formula is C20H23N5OS. The Balaban J connectivity index is 1.99. The lowest BCUT2D eigenvalue weighted by molar-refractivity contribution is -0.127. The van der Waals surface area contributed by atoms with Gasteiger partial charge in [-0.1, -0.05) is 36.0 Å². The molecule has 27 heavy (non-hydrogen) atoms. The fraction of sp³-hybridized carbons (Fsp3) is 0.300. The normalized spacial score (nSPS) is 10.8. The number of thioether (sulfide) groups is 1. The van der Waals surface area contributed by atoms with E-state index in [9.17, 15) is 4.79 Å². The van der Waals surface area contributed by atoms with Gasteiger partial charge in [0, 0.05) is 19.3 Å². The van der Waals surface area contributed by atoms with E-state index in [2.05, 4.69) is 15.2 Å². The quantitative estimate of drug-likeness (QED) is 0.585. The SMILES string of the molecule is CCN(CC)C(=O)CSc1nnc(-c2ccccn2)n1-c1ccccc1C. The topological polar surface area (TPSA) is 63.9 Å². The zero-order valence-electron chi connectivity index (χ0n) is 15.8. The molecule has 0 atom stereocenters. The highest BCUT2D eigenvalue weighted by Gasteiger charge is 2.20. The van der Waals surface area contributed by atoms with Gasteiger partial charge in [0.05, 0.1) is 11.4 Å². The minimum atomic E-state index is 0.101. The van der Waals surface area contributed by atoms with Gasteiger partial charge in [-0.3, -0.25) is 14.3 Å². The summed E-state index contributed by atoms with van der Waals surface area (Å²) in [6.07, 6.45) is 1.74. The Morgan fingerprint density at radius 2 is 1.81 bits per heavy atom. The minimum absolute atomic E-state index is 0.101. The molecule has 140 valence electrons. The van der Waals surface area contributed by atoms with Crippen LogP contribution in [0.15, 0.2) is 53.8 Å². The molecule has 0 aliphatic carbocycles. The second-order valence-electron chi connectivity index (χ2n) is 6.00. The van der Waals surface area contributed by atoms with Gasteiger partial charge in [-0.2, -0.15) is 0 Å². The number of rotatable bonds is 7. The lowest BCUT2D eigenvalue weighted by Gasteiger charge is -2.18. The predicted molar refractivity (Wildman–Crippen MR) is 108 cm³/mol. The van der Waals surface area contributed by atoms with Crippen LogP contribution in [-0.2, 0) is 4.79 Å². The standard InChI is InChI=1S/C20H23N5OS/c1-4-24(5-2)18(26)14-27-20-23-22-19(16-11-8-9-13-21-16)25(20)17-12-7-6-10-15(17)3/h6-13H,4-5,14H2,1-3H3. The lowest BCUT2D eigenvalue weighted by atomic mass is 10.2. The maximum atomic E-state index is 12.4. The van der Waals surface area contributed by atoms with Crippen LogP contribution in [0.1, 0.15) is 19.4 Å². The molecule has 0 N–H and O–H groups in total. The van der Waals surface area contributed by atoms with Gasteiger partial charge in [0.1, 0.15) is 5.69 Å². The molecule has 2 aromatic heterocycles. The zero-order chi connectivity index (χ0) is 19.2. The van der Waals surface area contributed by atoms with Crippen molar-refractivity contribution in [2.45, 2.75) is 25.9 Å². The van der Waals surface area contributed by atoms with Crippen molar-refractivity contribution in [3.05, 3.63) is 54.2 Å². The van der Waals surface area contributed by atoms with E-state index in [0.29, 0.717) is 29.8 Å². The number of benzene rings is 1. The lowest BCUT2D eigenvalue weighted by Crippen LogP contribution is -2.31. The van der Waals surface area contributed by atoms with Gasteiger partial charge in [-0.15, -0.1) is 10.2 Å². The number of aryl methyl sites for hydroxylation is 1. The molecule has 3 rings (SSSR count). The van der Waals surface area contributed by atoms with Gasteiger partial charge in [0.25, 0.3) is 0 Å². The number of aromatic nitrogens is 4. The van der Waals surface area contributed by atoms with Crippen LogP contribution in [0, 0.1) is 6.92 Å². The maximum Gasteiger partial charge on any atom is 0.233 e. The van der Waals surface area contributed by atoms with E-state index in [4.69, 9.17) is 0 Å². The Hall–Kier alpha value is -2.67. The molecule has 0 spiro atoms. The molecule has 1 amide bonds. The van der Waals surface area contributed by atoms with Crippen molar-refractivity contribution < 1.29 is 4.79 Å². The highest BCUT2D eigenvalue weighted by atomic mass is 32.2. The molecule has 0 unspecified atom stereocenters. The Bertz CT molecular complexity index is 906. The van der Waals surface area contributed by atoms with Gasteiger partial charge in [0.2, 0.25) is 5.91 Å². The first-order chi connectivity index (χ1) is 13.2. The molecule has 0 saturated carbocycles. The minimum Gasteiger partial charge on any atom is -0.343 e. The molecule has 0 bridgehead atoms. The summed E-state index contributed by atoms with van der Waals surface area (Å²) in [5.41, 5.74) is 2.84. The molecule has 0 aliphatic rings. The molecule has 1 aromatic carbocycles. The third kappa shape index (κ3) is 4.19. The molecule has 6 nitrogen and oxygen atoms in total. The number of hydrogen-bond acceptors (Lipinski definition) is 5. The van der Waals surface area contributed by atoms with Gasteiger partial charge in [-0.25, -0.2) is 0 Å². The number of hydrogen-bond donors (Lipinski definition) is 0. The number of para-hydroxylation sites is 1. The summed E-state index contributed by atoms with van der Waals surface area (Å²) in [5.74, 6) is 1.10.